The molecule has 11 nitrogen and oxygen atoms in total. The summed E-state index contributed by atoms with van der Waals surface area (Å²) in [5.74, 6) is -3.48. The molecule has 15 heteroatoms. The van der Waals surface area contributed by atoms with E-state index in [0.29, 0.717) is 5.56 Å². The van der Waals surface area contributed by atoms with E-state index in [-0.39, 0.29) is 18.9 Å². The summed E-state index contributed by atoms with van der Waals surface area (Å²) < 4.78 is 69.6. The second kappa shape index (κ2) is 17.4. The van der Waals surface area contributed by atoms with Crippen molar-refractivity contribution in [1.82, 2.24) is 16.0 Å². The minimum atomic E-state index is -3.33. The number of alkyl halides is 4. The van der Waals surface area contributed by atoms with Crippen molar-refractivity contribution in [3.8, 4) is 0 Å². The third-order valence-corrected chi connectivity index (χ3v) is 4.95. The van der Waals surface area contributed by atoms with Crippen molar-refractivity contribution < 1.29 is 55.7 Å². The van der Waals surface area contributed by atoms with E-state index >= 15 is 0 Å². The first-order valence-corrected chi connectivity index (χ1v) is 12.7. The number of rotatable bonds is 16. The fourth-order valence-corrected chi connectivity index (χ4v) is 3.22. The molecule has 0 saturated heterocycles. The molecule has 3 atom stereocenters. The number of halogens is 4. The zero-order valence-electron chi connectivity index (χ0n) is 23.5. The molecule has 0 spiro atoms. The number of esters is 1. The highest BCUT2D eigenvalue weighted by molar-refractivity contribution is 5.93. The topological polar surface area (TPSA) is 141 Å². The van der Waals surface area contributed by atoms with Crippen molar-refractivity contribution in [1.29, 1.82) is 0 Å². The molecule has 232 valence electrons. The van der Waals surface area contributed by atoms with E-state index in [4.69, 9.17) is 9.47 Å². The van der Waals surface area contributed by atoms with Gasteiger partial charge >= 0.3 is 25.3 Å². The highest BCUT2D eigenvalue weighted by Gasteiger charge is 2.32. The number of benzene rings is 1. The predicted molar refractivity (Wildman–Crippen MR) is 137 cm³/mol. The third kappa shape index (κ3) is 15.8. The molecule has 41 heavy (non-hydrogen) atoms. The van der Waals surface area contributed by atoms with Gasteiger partial charge in [0.25, 0.3) is 0 Å². The molecule has 1 aromatic carbocycles. The van der Waals surface area contributed by atoms with Gasteiger partial charge < -0.3 is 34.9 Å². The predicted octanol–water partition coefficient (Wildman–Crippen LogP) is 3.12. The van der Waals surface area contributed by atoms with Crippen LogP contribution in [0.5, 0.6) is 0 Å². The lowest BCUT2D eigenvalue weighted by molar-refractivity contribution is -0.163. The van der Waals surface area contributed by atoms with Gasteiger partial charge in [-0.3, -0.25) is 9.59 Å². The first-order chi connectivity index (χ1) is 19.1. The zero-order valence-corrected chi connectivity index (χ0v) is 23.5. The molecule has 0 radical (unpaired) electrons. The van der Waals surface area contributed by atoms with Crippen LogP contribution in [-0.4, -0.2) is 74.0 Å². The minimum Gasteiger partial charge on any atom is -0.459 e. The van der Waals surface area contributed by atoms with Crippen LogP contribution in [0, 0.1) is 5.92 Å². The van der Waals surface area contributed by atoms with E-state index in [2.05, 4.69) is 25.4 Å². The number of amides is 3. The normalized spacial score (nSPS) is 13.9. The van der Waals surface area contributed by atoms with Crippen LogP contribution >= 0.6 is 0 Å². The van der Waals surface area contributed by atoms with Gasteiger partial charge in [0.15, 0.2) is 6.04 Å². The largest absolute Gasteiger partial charge is 0.459 e. The van der Waals surface area contributed by atoms with Gasteiger partial charge in [0, 0.05) is 0 Å². The number of carbonyl (C=O) groups excluding carboxylic acids is 4. The number of ether oxygens (including phenoxy) is 4. The molecular formula is C26H37F4N3O8. The number of carbonyl (C=O) groups is 4. The SMILES string of the molecule is CC(C)C[C@H](NC(=O)OC(C)(C)C)C(=O)N[C@@H](COC(F)F)C(=O)N[C@@H](COC(F)F)C(=O)OCc1ccccc1. The quantitative estimate of drug-likeness (QED) is 0.196. The summed E-state index contributed by atoms with van der Waals surface area (Å²) in [5.41, 5.74) is -0.328. The van der Waals surface area contributed by atoms with Crippen LogP contribution in [0.2, 0.25) is 0 Å². The Morgan fingerprint density at radius 2 is 1.29 bits per heavy atom. The Kier molecular flexibility index (Phi) is 15.1. The Bertz CT molecular complexity index is 977. The summed E-state index contributed by atoms with van der Waals surface area (Å²) in [6, 6.07) is 3.44. The molecule has 0 bridgehead atoms. The second-order valence-corrected chi connectivity index (χ2v) is 10.2. The van der Waals surface area contributed by atoms with Crippen LogP contribution in [0.3, 0.4) is 0 Å². The summed E-state index contributed by atoms with van der Waals surface area (Å²) in [4.78, 5) is 50.8. The number of hydrogen-bond donors (Lipinski definition) is 3. The summed E-state index contributed by atoms with van der Waals surface area (Å²) in [5, 5.41) is 6.62. The summed E-state index contributed by atoms with van der Waals surface area (Å²) >= 11 is 0. The Morgan fingerprint density at radius 1 is 0.780 bits per heavy atom. The summed E-state index contributed by atoms with van der Waals surface area (Å²) in [6.07, 6.45) is -0.861. The van der Waals surface area contributed by atoms with Gasteiger partial charge in [0.2, 0.25) is 11.8 Å². The maximum Gasteiger partial charge on any atom is 0.408 e. The molecule has 0 saturated carbocycles. The highest BCUT2D eigenvalue weighted by atomic mass is 19.3. The number of hydrogen-bond acceptors (Lipinski definition) is 8. The van der Waals surface area contributed by atoms with E-state index in [1.54, 1.807) is 65.0 Å². The molecule has 0 aliphatic rings. The lowest BCUT2D eigenvalue weighted by Crippen LogP contribution is -2.58. The molecule has 0 heterocycles. The highest BCUT2D eigenvalue weighted by Crippen LogP contribution is 2.11. The second-order valence-electron chi connectivity index (χ2n) is 10.2. The first-order valence-electron chi connectivity index (χ1n) is 12.7. The molecule has 0 aliphatic heterocycles. The van der Waals surface area contributed by atoms with Crippen LogP contribution in [0.4, 0.5) is 22.4 Å². The Morgan fingerprint density at radius 3 is 1.80 bits per heavy atom. The lowest BCUT2D eigenvalue weighted by Gasteiger charge is -2.26. The Hall–Kier alpha value is -3.46. The van der Waals surface area contributed by atoms with E-state index in [1.165, 1.54) is 0 Å². The van der Waals surface area contributed by atoms with Crippen LogP contribution in [0.15, 0.2) is 30.3 Å². The Balaban J connectivity index is 3.06. The molecular weight excluding hydrogens is 558 g/mol. The van der Waals surface area contributed by atoms with Gasteiger partial charge in [0.1, 0.15) is 24.3 Å². The average Bonchev–Trinajstić information content (AvgIpc) is 2.85. The van der Waals surface area contributed by atoms with E-state index < -0.39 is 74.0 Å². The molecule has 1 rings (SSSR count). The smallest absolute Gasteiger partial charge is 0.408 e. The van der Waals surface area contributed by atoms with Crippen LogP contribution in [0.1, 0.15) is 46.6 Å². The van der Waals surface area contributed by atoms with Crippen molar-refractivity contribution >= 4 is 23.9 Å². The van der Waals surface area contributed by atoms with Gasteiger partial charge in [0.05, 0.1) is 13.2 Å². The van der Waals surface area contributed by atoms with Crippen molar-refractivity contribution in [2.75, 3.05) is 13.2 Å². The monoisotopic (exact) mass is 595 g/mol. The standard InChI is InChI=1S/C26H37F4N3O8/c1-15(2)11-17(33-25(37)41-26(3,4)5)20(34)31-18(13-39-23(27)28)21(35)32-19(14-40-24(29)30)22(36)38-12-16-9-7-6-8-10-16/h6-10,15,17-19,23-24H,11-14H2,1-5H3,(H,31,34)(H,32,35)(H,33,37)/t17-,18-,19-/m0/s1. The number of alkyl carbamates (subject to hydrolysis) is 1. The van der Waals surface area contributed by atoms with E-state index in [0.717, 1.165) is 0 Å². The van der Waals surface area contributed by atoms with Gasteiger partial charge in [-0.2, -0.15) is 17.6 Å². The molecule has 0 aliphatic carbocycles. The first kappa shape index (κ1) is 35.6. The zero-order chi connectivity index (χ0) is 31.2. The minimum absolute atomic E-state index is 0.0752. The fourth-order valence-electron chi connectivity index (χ4n) is 3.22. The maximum absolute atomic E-state index is 13.0. The van der Waals surface area contributed by atoms with Gasteiger partial charge in [-0.25, -0.2) is 9.59 Å². The van der Waals surface area contributed by atoms with Crippen molar-refractivity contribution in [3.63, 3.8) is 0 Å². The van der Waals surface area contributed by atoms with Crippen LogP contribution in [-0.2, 0) is 39.9 Å². The Labute approximate surface area is 235 Å². The van der Waals surface area contributed by atoms with E-state index in [9.17, 15) is 36.7 Å². The van der Waals surface area contributed by atoms with E-state index in [1.807, 2.05) is 0 Å². The van der Waals surface area contributed by atoms with Crippen molar-refractivity contribution in [2.24, 2.45) is 5.92 Å². The fraction of sp³-hybridized carbons (Fsp3) is 0.615. The molecule has 1 aromatic rings. The molecule has 0 fully saturated rings. The summed E-state index contributed by atoms with van der Waals surface area (Å²) in [6.45, 7) is -0.677. The van der Waals surface area contributed by atoms with Crippen LogP contribution in [0.25, 0.3) is 0 Å². The lowest BCUT2D eigenvalue weighted by atomic mass is 10.0. The number of nitrogens with one attached hydrogen (secondary N) is 3. The average molecular weight is 596 g/mol. The molecule has 0 aromatic heterocycles. The van der Waals surface area contributed by atoms with Gasteiger partial charge in [-0.05, 0) is 38.7 Å². The van der Waals surface area contributed by atoms with Gasteiger partial charge in [-0.1, -0.05) is 44.2 Å². The molecule has 0 unspecified atom stereocenters. The van der Waals surface area contributed by atoms with Crippen molar-refractivity contribution in [3.05, 3.63) is 35.9 Å². The molecule has 3 amide bonds. The van der Waals surface area contributed by atoms with Gasteiger partial charge in [-0.15, -0.1) is 0 Å². The molecule has 3 N–H and O–H groups in total. The third-order valence-electron chi connectivity index (χ3n) is 4.95. The maximum atomic E-state index is 13.0. The summed E-state index contributed by atoms with van der Waals surface area (Å²) in [7, 11) is 0. The van der Waals surface area contributed by atoms with Crippen molar-refractivity contribution in [2.45, 2.75) is 84.6 Å². The van der Waals surface area contributed by atoms with Crippen LogP contribution < -0.4 is 16.0 Å².